The van der Waals surface area contributed by atoms with E-state index in [1.54, 1.807) is 24.3 Å². The smallest absolute Gasteiger partial charge is 0.334 e. The van der Waals surface area contributed by atoms with Gasteiger partial charge in [-0.15, -0.1) is 0 Å². The van der Waals surface area contributed by atoms with Crippen molar-refractivity contribution in [1.29, 1.82) is 0 Å². The highest BCUT2D eigenvalue weighted by Gasteiger charge is 2.42. The van der Waals surface area contributed by atoms with Crippen molar-refractivity contribution < 1.29 is 18.7 Å². The monoisotopic (exact) mass is 323 g/mol. The number of carboxylic acid groups (broad SMARTS) is 1. The molecule has 7 heteroatoms. The molecule has 1 N–H and O–H groups in total. The van der Waals surface area contributed by atoms with Crippen molar-refractivity contribution in [2.45, 2.75) is 11.3 Å². The number of rotatable bonds is 4. The van der Waals surface area contributed by atoms with E-state index in [2.05, 4.69) is 0 Å². The molecule has 1 aromatic carbocycles. The van der Waals surface area contributed by atoms with Crippen molar-refractivity contribution in [3.63, 3.8) is 0 Å². The zero-order chi connectivity index (χ0) is 14.9. The van der Waals surface area contributed by atoms with Gasteiger partial charge in [0.1, 0.15) is 0 Å². The fourth-order valence-corrected chi connectivity index (χ4v) is 3.05. The van der Waals surface area contributed by atoms with Crippen LogP contribution < -0.4 is 0 Å². The molecule has 110 valence electrons. The molecule has 0 saturated carbocycles. The molecule has 0 amide bonds. The number of hydrogen-bond acceptors (Lipinski definition) is 2. The number of nitrogens with zero attached hydrogens (tertiary/aromatic N) is 1. The van der Waals surface area contributed by atoms with E-state index in [-0.39, 0.29) is 13.1 Å². The van der Waals surface area contributed by atoms with Crippen molar-refractivity contribution in [3.8, 4) is 0 Å². The maximum atomic E-state index is 12.9. The Balaban J connectivity index is 2.23. The molecule has 2 rings (SSSR count). The molecule has 0 unspecified atom stereocenters. The van der Waals surface area contributed by atoms with Crippen molar-refractivity contribution in [1.82, 2.24) is 4.90 Å². The Labute approximate surface area is 125 Å². The third-order valence-corrected chi connectivity index (χ3v) is 3.88. The molecular formula is C13H13Cl2F2NO2. The number of carbonyl (C=O) groups is 1. The molecule has 0 aliphatic carbocycles. The summed E-state index contributed by atoms with van der Waals surface area (Å²) in [4.78, 5) is 12.7. The summed E-state index contributed by atoms with van der Waals surface area (Å²) in [5, 5.41) is 6.35. The highest BCUT2D eigenvalue weighted by Crippen LogP contribution is 2.37. The topological polar surface area (TPSA) is 40.5 Å². The van der Waals surface area contributed by atoms with Gasteiger partial charge < -0.3 is 5.11 Å². The Kier molecular flexibility index (Phi) is 4.52. The van der Waals surface area contributed by atoms with Gasteiger partial charge in [-0.25, -0.2) is 0 Å². The first-order valence-corrected chi connectivity index (χ1v) is 6.80. The quantitative estimate of drug-likeness (QED) is 0.864. The average molecular weight is 324 g/mol. The summed E-state index contributed by atoms with van der Waals surface area (Å²) in [5.74, 6) is -2.20. The Morgan fingerprint density at radius 3 is 2.60 bits per heavy atom. The van der Waals surface area contributed by atoms with Gasteiger partial charge in [-0.1, -0.05) is 29.8 Å². The maximum absolute atomic E-state index is 12.9. The number of likely N-dealkylation sites (tertiary alicyclic amines) is 1. The van der Waals surface area contributed by atoms with Crippen LogP contribution in [0, 0.1) is 5.92 Å². The fraction of sp³-hybridized carbons (Fsp3) is 0.462. The van der Waals surface area contributed by atoms with Gasteiger partial charge in [-0.05, 0) is 23.2 Å². The van der Waals surface area contributed by atoms with Gasteiger partial charge in [-0.2, -0.15) is 8.78 Å². The fourth-order valence-electron chi connectivity index (χ4n) is 2.61. The van der Waals surface area contributed by atoms with Crippen LogP contribution in [0.25, 0.3) is 0 Å². The molecule has 1 saturated heterocycles. The lowest BCUT2D eigenvalue weighted by Gasteiger charge is -2.19. The van der Waals surface area contributed by atoms with Crippen molar-refractivity contribution in [2.24, 2.45) is 5.92 Å². The number of benzene rings is 1. The predicted octanol–water partition coefficient (Wildman–Crippen LogP) is 3.27. The molecule has 0 radical (unpaired) electrons. The summed E-state index contributed by atoms with van der Waals surface area (Å²) in [7, 11) is 0. The standard InChI is InChI=1S/C13H13Cl2F2NO2/c14-11-4-2-1-3-8(11)9-5-18(7-13(15,16)17)6-10(9)12(19)20/h1-4,9-10H,5-7H2,(H,19,20)/t9-,10-/m0/s1. The van der Waals surface area contributed by atoms with E-state index in [0.717, 1.165) is 0 Å². The summed E-state index contributed by atoms with van der Waals surface area (Å²) in [6, 6.07) is 6.88. The van der Waals surface area contributed by atoms with Gasteiger partial charge in [0, 0.05) is 24.0 Å². The number of carboxylic acids is 1. The maximum Gasteiger partial charge on any atom is 0.334 e. The molecule has 0 bridgehead atoms. The van der Waals surface area contributed by atoms with Crippen LogP contribution in [-0.2, 0) is 4.79 Å². The van der Waals surface area contributed by atoms with Gasteiger partial charge in [0.15, 0.2) is 0 Å². The molecule has 20 heavy (non-hydrogen) atoms. The molecule has 1 fully saturated rings. The molecule has 2 atom stereocenters. The summed E-state index contributed by atoms with van der Waals surface area (Å²) in [5.41, 5.74) is 0.668. The van der Waals surface area contributed by atoms with E-state index < -0.39 is 29.7 Å². The van der Waals surface area contributed by atoms with E-state index >= 15 is 0 Å². The molecule has 1 aliphatic heterocycles. The van der Waals surface area contributed by atoms with Crippen LogP contribution >= 0.6 is 23.2 Å². The van der Waals surface area contributed by atoms with Crippen LogP contribution in [0.4, 0.5) is 8.78 Å². The predicted molar refractivity (Wildman–Crippen MR) is 72.6 cm³/mol. The van der Waals surface area contributed by atoms with Gasteiger partial charge in [-0.3, -0.25) is 9.69 Å². The van der Waals surface area contributed by atoms with Crippen LogP contribution in [-0.4, -0.2) is 41.0 Å². The second-order valence-corrected chi connectivity index (χ2v) is 5.84. The first-order chi connectivity index (χ1) is 9.28. The van der Waals surface area contributed by atoms with E-state index in [4.69, 9.17) is 23.2 Å². The number of alkyl halides is 3. The lowest BCUT2D eigenvalue weighted by Crippen LogP contribution is -2.32. The molecule has 1 aromatic rings. The normalized spacial score (nSPS) is 24.0. The second-order valence-electron chi connectivity index (χ2n) is 4.88. The lowest BCUT2D eigenvalue weighted by molar-refractivity contribution is -0.141. The Morgan fingerprint density at radius 2 is 2.05 bits per heavy atom. The van der Waals surface area contributed by atoms with Crippen molar-refractivity contribution >= 4 is 29.2 Å². The average Bonchev–Trinajstić information content (AvgIpc) is 2.71. The third-order valence-electron chi connectivity index (χ3n) is 3.42. The number of aliphatic carboxylic acids is 1. The minimum absolute atomic E-state index is 0.0353. The Hall–Kier alpha value is -0.910. The first-order valence-electron chi connectivity index (χ1n) is 6.04. The summed E-state index contributed by atoms with van der Waals surface area (Å²) >= 11 is 11.0. The molecule has 1 heterocycles. The minimum Gasteiger partial charge on any atom is -0.481 e. The highest BCUT2D eigenvalue weighted by molar-refractivity contribution is 6.31. The molecule has 0 aromatic heterocycles. The Bertz CT molecular complexity index is 507. The molecule has 3 nitrogen and oxygen atoms in total. The largest absolute Gasteiger partial charge is 0.481 e. The lowest BCUT2D eigenvalue weighted by atomic mass is 9.89. The third kappa shape index (κ3) is 3.59. The van der Waals surface area contributed by atoms with Gasteiger partial charge in [0.05, 0.1) is 12.5 Å². The highest BCUT2D eigenvalue weighted by atomic mass is 35.5. The zero-order valence-electron chi connectivity index (χ0n) is 10.4. The van der Waals surface area contributed by atoms with Crippen LogP contribution in [0.5, 0.6) is 0 Å². The second kappa shape index (κ2) is 5.84. The number of halogens is 4. The number of hydrogen-bond donors (Lipinski definition) is 1. The van der Waals surface area contributed by atoms with Gasteiger partial charge >= 0.3 is 11.4 Å². The first kappa shape index (κ1) is 15.5. The van der Waals surface area contributed by atoms with Gasteiger partial charge in [0.2, 0.25) is 0 Å². The van der Waals surface area contributed by atoms with Crippen LogP contribution in [0.2, 0.25) is 5.02 Å². The SMILES string of the molecule is O=C(O)[C@H]1CN(CC(F)(F)Cl)C[C@H]1c1ccccc1Cl. The van der Waals surface area contributed by atoms with Crippen LogP contribution in [0.3, 0.4) is 0 Å². The van der Waals surface area contributed by atoms with Crippen molar-refractivity contribution in [3.05, 3.63) is 34.9 Å². The van der Waals surface area contributed by atoms with E-state index in [1.165, 1.54) is 4.90 Å². The van der Waals surface area contributed by atoms with E-state index in [0.29, 0.717) is 10.6 Å². The van der Waals surface area contributed by atoms with E-state index in [9.17, 15) is 18.7 Å². The summed E-state index contributed by atoms with van der Waals surface area (Å²) in [6.07, 6.45) is 0. The molecular weight excluding hydrogens is 311 g/mol. The molecule has 1 aliphatic rings. The minimum atomic E-state index is -3.36. The molecule has 0 spiro atoms. The Morgan fingerprint density at radius 1 is 1.40 bits per heavy atom. The van der Waals surface area contributed by atoms with Gasteiger partial charge in [0.25, 0.3) is 0 Å². The van der Waals surface area contributed by atoms with Crippen LogP contribution in [0.15, 0.2) is 24.3 Å². The van der Waals surface area contributed by atoms with Crippen LogP contribution in [0.1, 0.15) is 11.5 Å². The zero-order valence-corrected chi connectivity index (χ0v) is 11.9. The van der Waals surface area contributed by atoms with Crippen molar-refractivity contribution in [2.75, 3.05) is 19.6 Å². The van der Waals surface area contributed by atoms with E-state index in [1.807, 2.05) is 0 Å². The summed E-state index contributed by atoms with van der Waals surface area (Å²) < 4.78 is 25.7. The summed E-state index contributed by atoms with van der Waals surface area (Å²) in [6.45, 7) is -0.435.